The maximum absolute atomic E-state index is 10.8. The summed E-state index contributed by atoms with van der Waals surface area (Å²) < 4.78 is 15.8. The first-order chi connectivity index (χ1) is 9.12. The van der Waals surface area contributed by atoms with Gasteiger partial charge in [-0.15, -0.1) is 0 Å². The van der Waals surface area contributed by atoms with Crippen LogP contribution in [0.15, 0.2) is 18.2 Å². The summed E-state index contributed by atoms with van der Waals surface area (Å²) in [5.41, 5.74) is 0.829. The van der Waals surface area contributed by atoms with Gasteiger partial charge in [0, 0.05) is 24.8 Å². The second-order valence-electron chi connectivity index (χ2n) is 3.65. The van der Waals surface area contributed by atoms with E-state index in [0.29, 0.717) is 23.0 Å². The Bertz CT molecular complexity index is 444. The van der Waals surface area contributed by atoms with Gasteiger partial charge in [-0.3, -0.25) is 4.79 Å². The molecule has 0 unspecified atom stereocenters. The topological polar surface area (TPSA) is 44.8 Å². The quantitative estimate of drug-likeness (QED) is 0.802. The second kappa shape index (κ2) is 7.74. The van der Waals surface area contributed by atoms with Crippen molar-refractivity contribution in [3.63, 3.8) is 0 Å². The minimum Gasteiger partial charge on any atom is -0.496 e. The van der Waals surface area contributed by atoms with Gasteiger partial charge in [0.25, 0.3) is 0 Å². The molecule has 0 saturated heterocycles. The van der Waals surface area contributed by atoms with E-state index in [4.69, 9.17) is 14.2 Å². The van der Waals surface area contributed by atoms with Crippen molar-refractivity contribution in [2.45, 2.75) is 6.92 Å². The van der Waals surface area contributed by atoms with Crippen LogP contribution in [-0.2, 0) is 4.79 Å². The molecule has 1 aromatic rings. The number of ether oxygens (including phenoxy) is 3. The minimum absolute atomic E-state index is 0.0957. The molecule has 0 aliphatic rings. The number of carbonyl (C=O) groups is 1. The molecular formula is C14H18O4S. The van der Waals surface area contributed by atoms with Gasteiger partial charge in [-0.05, 0) is 0 Å². The van der Waals surface area contributed by atoms with Crippen molar-refractivity contribution < 1.29 is 19.0 Å². The predicted octanol–water partition coefficient (Wildman–Crippen LogP) is 3.01. The van der Waals surface area contributed by atoms with Gasteiger partial charge in [0.2, 0.25) is 0 Å². The number of thioether (sulfide) groups is 1. The predicted molar refractivity (Wildman–Crippen MR) is 78.3 cm³/mol. The van der Waals surface area contributed by atoms with Crippen molar-refractivity contribution in [2.75, 3.05) is 27.1 Å². The average Bonchev–Trinajstić information content (AvgIpc) is 2.42. The van der Waals surface area contributed by atoms with Crippen molar-refractivity contribution in [2.24, 2.45) is 0 Å². The van der Waals surface area contributed by atoms with Crippen LogP contribution in [0, 0.1) is 0 Å². The molecule has 1 rings (SSSR count). The summed E-state index contributed by atoms with van der Waals surface area (Å²) in [7, 11) is 4.78. The fourth-order valence-corrected chi connectivity index (χ4v) is 1.96. The van der Waals surface area contributed by atoms with E-state index in [-0.39, 0.29) is 5.12 Å². The molecule has 19 heavy (non-hydrogen) atoms. The van der Waals surface area contributed by atoms with Crippen LogP contribution in [0.3, 0.4) is 0 Å². The van der Waals surface area contributed by atoms with Crippen LogP contribution >= 0.6 is 11.8 Å². The van der Waals surface area contributed by atoms with Gasteiger partial charge < -0.3 is 14.2 Å². The highest BCUT2D eigenvalue weighted by Crippen LogP contribution is 2.35. The van der Waals surface area contributed by atoms with E-state index in [2.05, 4.69) is 0 Å². The minimum atomic E-state index is 0.0957. The van der Waals surface area contributed by atoms with E-state index >= 15 is 0 Å². The van der Waals surface area contributed by atoms with Gasteiger partial charge in [0.15, 0.2) is 5.12 Å². The summed E-state index contributed by atoms with van der Waals surface area (Å²) in [5, 5.41) is 0.0957. The van der Waals surface area contributed by atoms with Gasteiger partial charge in [-0.1, -0.05) is 23.9 Å². The van der Waals surface area contributed by atoms with Gasteiger partial charge in [-0.25, -0.2) is 0 Å². The molecule has 104 valence electrons. The Hall–Kier alpha value is -1.62. The monoisotopic (exact) mass is 282 g/mol. The van der Waals surface area contributed by atoms with Crippen molar-refractivity contribution >= 4 is 23.0 Å². The molecule has 0 bridgehead atoms. The molecule has 1 aromatic carbocycles. The average molecular weight is 282 g/mol. The summed E-state index contributed by atoms with van der Waals surface area (Å²) in [6, 6.07) is 3.58. The number of hydrogen-bond donors (Lipinski definition) is 0. The molecule has 5 heteroatoms. The Morgan fingerprint density at radius 2 is 1.74 bits per heavy atom. The smallest absolute Gasteiger partial charge is 0.186 e. The number of benzene rings is 1. The highest BCUT2D eigenvalue weighted by Gasteiger charge is 2.10. The zero-order valence-corrected chi connectivity index (χ0v) is 12.4. The van der Waals surface area contributed by atoms with E-state index in [9.17, 15) is 4.79 Å². The molecule has 0 radical (unpaired) electrons. The molecule has 4 nitrogen and oxygen atoms in total. The van der Waals surface area contributed by atoms with E-state index < -0.39 is 0 Å². The third kappa shape index (κ3) is 4.52. The summed E-state index contributed by atoms with van der Waals surface area (Å²) >= 11 is 1.25. The first kappa shape index (κ1) is 15.4. The van der Waals surface area contributed by atoms with E-state index in [0.717, 1.165) is 5.56 Å². The van der Waals surface area contributed by atoms with Crippen LogP contribution < -0.4 is 14.2 Å². The Balaban J connectivity index is 3.00. The molecule has 0 aliphatic carbocycles. The number of methoxy groups -OCH3 is 3. The first-order valence-electron chi connectivity index (χ1n) is 5.72. The lowest BCUT2D eigenvalue weighted by molar-refractivity contribution is -0.109. The lowest BCUT2D eigenvalue weighted by Gasteiger charge is -2.12. The van der Waals surface area contributed by atoms with E-state index in [1.807, 2.05) is 12.2 Å². The maximum Gasteiger partial charge on any atom is 0.186 e. The Kier molecular flexibility index (Phi) is 6.29. The molecule has 0 saturated carbocycles. The number of rotatable bonds is 6. The molecule has 0 atom stereocenters. The highest BCUT2D eigenvalue weighted by molar-refractivity contribution is 8.13. The van der Waals surface area contributed by atoms with Gasteiger partial charge in [0.05, 0.1) is 26.9 Å². The lowest BCUT2D eigenvalue weighted by atomic mass is 10.1. The van der Waals surface area contributed by atoms with Crippen LogP contribution in [0.25, 0.3) is 6.08 Å². The normalized spacial score (nSPS) is 10.5. The van der Waals surface area contributed by atoms with Gasteiger partial charge in [0.1, 0.15) is 17.2 Å². The Labute approximate surface area is 117 Å². The van der Waals surface area contributed by atoms with Gasteiger partial charge in [-0.2, -0.15) is 0 Å². The fourth-order valence-electron chi connectivity index (χ4n) is 1.53. The van der Waals surface area contributed by atoms with E-state index in [1.54, 1.807) is 40.4 Å². The molecule has 0 aromatic heterocycles. The molecular weight excluding hydrogens is 264 g/mol. The lowest BCUT2D eigenvalue weighted by Crippen LogP contribution is -1.95. The summed E-state index contributed by atoms with van der Waals surface area (Å²) in [6.07, 6.45) is 3.78. The summed E-state index contributed by atoms with van der Waals surface area (Å²) in [6.45, 7) is 1.55. The van der Waals surface area contributed by atoms with Crippen LogP contribution in [0.5, 0.6) is 17.2 Å². The third-order valence-corrected chi connectivity index (χ3v) is 3.19. The van der Waals surface area contributed by atoms with Crippen LogP contribution in [0.1, 0.15) is 12.5 Å². The second-order valence-corrected chi connectivity index (χ2v) is 4.85. The maximum atomic E-state index is 10.8. The van der Waals surface area contributed by atoms with Gasteiger partial charge >= 0.3 is 0 Å². The van der Waals surface area contributed by atoms with Crippen LogP contribution in [0.4, 0.5) is 0 Å². The fraction of sp³-hybridized carbons (Fsp3) is 0.357. The molecule has 0 fully saturated rings. The van der Waals surface area contributed by atoms with Crippen molar-refractivity contribution in [3.8, 4) is 17.2 Å². The molecule has 0 amide bonds. The molecule has 0 aliphatic heterocycles. The zero-order valence-electron chi connectivity index (χ0n) is 11.6. The number of carbonyl (C=O) groups excluding carboxylic acids is 1. The van der Waals surface area contributed by atoms with E-state index in [1.165, 1.54) is 11.8 Å². The molecule has 0 spiro atoms. The highest BCUT2D eigenvalue weighted by atomic mass is 32.2. The zero-order chi connectivity index (χ0) is 14.3. The van der Waals surface area contributed by atoms with Crippen LogP contribution in [-0.4, -0.2) is 32.2 Å². The van der Waals surface area contributed by atoms with Crippen molar-refractivity contribution in [3.05, 3.63) is 23.8 Å². The first-order valence-corrected chi connectivity index (χ1v) is 6.70. The Morgan fingerprint density at radius 1 is 1.16 bits per heavy atom. The standard InChI is InChI=1S/C14H18O4S/c1-10(15)19-7-5-6-12-13(17-3)8-11(16-2)9-14(12)18-4/h5-6,8-9H,7H2,1-4H3. The SMILES string of the molecule is COc1cc(OC)c(C=CCSC(C)=O)c(OC)c1. The summed E-state index contributed by atoms with van der Waals surface area (Å²) in [4.78, 5) is 10.8. The number of hydrogen-bond acceptors (Lipinski definition) is 5. The molecule has 0 N–H and O–H groups in total. The molecule has 0 heterocycles. The van der Waals surface area contributed by atoms with Crippen LogP contribution in [0.2, 0.25) is 0 Å². The largest absolute Gasteiger partial charge is 0.496 e. The third-order valence-electron chi connectivity index (χ3n) is 2.42. The van der Waals surface area contributed by atoms with Crippen molar-refractivity contribution in [1.82, 2.24) is 0 Å². The Morgan fingerprint density at radius 3 is 2.16 bits per heavy atom. The summed E-state index contributed by atoms with van der Waals surface area (Å²) in [5.74, 6) is 2.62. The van der Waals surface area contributed by atoms with Crippen molar-refractivity contribution in [1.29, 1.82) is 0 Å².